The number of nitrogens with one attached hydrogen (secondary N) is 1. The van der Waals surface area contributed by atoms with Crippen LogP contribution < -0.4 is 11.1 Å². The van der Waals surface area contributed by atoms with E-state index in [-0.39, 0.29) is 0 Å². The van der Waals surface area contributed by atoms with Gasteiger partial charge in [0.25, 0.3) is 0 Å². The average molecular weight is 259 g/mol. The largest absolute Gasteiger partial charge is 0.364 e. The van der Waals surface area contributed by atoms with Crippen LogP contribution in [0, 0.1) is 12.8 Å². The molecule has 0 aliphatic heterocycles. The molecule has 1 aliphatic rings. The normalized spacial score (nSPS) is 18.0. The number of hydrogen-bond acceptors (Lipinski definition) is 4. The van der Waals surface area contributed by atoms with Crippen LogP contribution in [0.5, 0.6) is 0 Å². The fourth-order valence-corrected chi connectivity index (χ4v) is 3.06. The first-order valence-corrected chi connectivity index (χ1v) is 7.05. The van der Waals surface area contributed by atoms with E-state index in [4.69, 9.17) is 5.73 Å². The van der Waals surface area contributed by atoms with E-state index in [0.29, 0.717) is 18.5 Å². The quantitative estimate of drug-likeness (QED) is 0.881. The summed E-state index contributed by atoms with van der Waals surface area (Å²) in [6, 6.07) is 2.37. The molecule has 0 bridgehead atoms. The van der Waals surface area contributed by atoms with Crippen molar-refractivity contribution in [3.8, 4) is 0 Å². The van der Waals surface area contributed by atoms with E-state index >= 15 is 0 Å². The van der Waals surface area contributed by atoms with E-state index in [1.807, 2.05) is 17.6 Å². The Kier molecular flexibility index (Phi) is 3.38. The number of aryl methyl sites for hydroxylation is 1. The first kappa shape index (κ1) is 12.4. The Balaban J connectivity index is 1.86. The average Bonchev–Trinajstić information content (AvgIpc) is 3.03. The molecule has 0 amide bonds. The SMILES string of the molecule is Cc1cc2c(NC(CN)C3CCCC3)nccn2n1. The summed E-state index contributed by atoms with van der Waals surface area (Å²) in [7, 11) is 0. The van der Waals surface area contributed by atoms with E-state index in [2.05, 4.69) is 21.5 Å². The van der Waals surface area contributed by atoms with Gasteiger partial charge in [0.1, 0.15) is 5.52 Å². The van der Waals surface area contributed by atoms with E-state index in [0.717, 1.165) is 17.0 Å². The maximum atomic E-state index is 5.94. The number of fused-ring (bicyclic) bond motifs is 1. The lowest BCUT2D eigenvalue weighted by atomic mass is 9.98. The second-order valence-corrected chi connectivity index (χ2v) is 5.42. The summed E-state index contributed by atoms with van der Waals surface area (Å²) < 4.78 is 1.87. The van der Waals surface area contributed by atoms with Crippen LogP contribution in [0.1, 0.15) is 31.4 Å². The molecule has 0 spiro atoms. The molecule has 5 nitrogen and oxygen atoms in total. The van der Waals surface area contributed by atoms with Crippen molar-refractivity contribution >= 4 is 11.3 Å². The van der Waals surface area contributed by atoms with Crippen LogP contribution in [-0.4, -0.2) is 27.2 Å². The van der Waals surface area contributed by atoms with Crippen molar-refractivity contribution in [1.82, 2.24) is 14.6 Å². The maximum Gasteiger partial charge on any atom is 0.152 e. The van der Waals surface area contributed by atoms with Crippen molar-refractivity contribution in [1.29, 1.82) is 0 Å². The van der Waals surface area contributed by atoms with Crippen molar-refractivity contribution in [2.75, 3.05) is 11.9 Å². The molecule has 2 heterocycles. The maximum absolute atomic E-state index is 5.94. The summed E-state index contributed by atoms with van der Waals surface area (Å²) in [4.78, 5) is 4.45. The van der Waals surface area contributed by atoms with Crippen LogP contribution in [0.25, 0.3) is 5.52 Å². The summed E-state index contributed by atoms with van der Waals surface area (Å²) >= 11 is 0. The number of aromatic nitrogens is 3. The Bertz CT molecular complexity index is 556. The van der Waals surface area contributed by atoms with E-state index in [9.17, 15) is 0 Å². The van der Waals surface area contributed by atoms with Crippen LogP contribution in [0.3, 0.4) is 0 Å². The van der Waals surface area contributed by atoms with Crippen LogP contribution in [0.15, 0.2) is 18.5 Å². The molecule has 1 aliphatic carbocycles. The number of nitrogens with two attached hydrogens (primary N) is 1. The first-order chi connectivity index (χ1) is 9.28. The van der Waals surface area contributed by atoms with Gasteiger partial charge in [-0.2, -0.15) is 5.10 Å². The van der Waals surface area contributed by atoms with Crippen molar-refractivity contribution in [2.45, 2.75) is 38.6 Å². The molecule has 5 heteroatoms. The van der Waals surface area contributed by atoms with Gasteiger partial charge in [-0.15, -0.1) is 0 Å². The zero-order chi connectivity index (χ0) is 13.2. The molecule has 0 saturated heterocycles. The molecule has 0 radical (unpaired) electrons. The predicted molar refractivity (Wildman–Crippen MR) is 76.1 cm³/mol. The Labute approximate surface area is 113 Å². The first-order valence-electron chi connectivity index (χ1n) is 7.05. The van der Waals surface area contributed by atoms with Gasteiger partial charge >= 0.3 is 0 Å². The molecular formula is C14H21N5. The summed E-state index contributed by atoms with van der Waals surface area (Å²) in [5.41, 5.74) is 7.96. The Morgan fingerprint density at radius 1 is 1.47 bits per heavy atom. The van der Waals surface area contributed by atoms with Gasteiger partial charge in [0, 0.05) is 25.0 Å². The van der Waals surface area contributed by atoms with Crippen molar-refractivity contribution < 1.29 is 0 Å². The molecule has 3 N–H and O–H groups in total. The fourth-order valence-electron chi connectivity index (χ4n) is 3.06. The van der Waals surface area contributed by atoms with Gasteiger partial charge in [0.15, 0.2) is 5.82 Å². The molecular weight excluding hydrogens is 238 g/mol. The molecule has 1 fully saturated rings. The van der Waals surface area contributed by atoms with E-state index < -0.39 is 0 Å². The second kappa shape index (κ2) is 5.17. The third-order valence-electron chi connectivity index (χ3n) is 4.06. The topological polar surface area (TPSA) is 68.2 Å². The lowest BCUT2D eigenvalue weighted by molar-refractivity contribution is 0.461. The van der Waals surface area contributed by atoms with Crippen LogP contribution >= 0.6 is 0 Å². The molecule has 2 aromatic heterocycles. The van der Waals surface area contributed by atoms with E-state index in [1.165, 1.54) is 25.7 Å². The third kappa shape index (κ3) is 2.42. The lowest BCUT2D eigenvalue weighted by Crippen LogP contribution is -2.35. The Morgan fingerprint density at radius 2 is 2.26 bits per heavy atom. The van der Waals surface area contributed by atoms with Crippen molar-refractivity contribution in [3.63, 3.8) is 0 Å². The molecule has 2 aromatic rings. The molecule has 1 unspecified atom stereocenters. The van der Waals surface area contributed by atoms with Gasteiger partial charge in [-0.1, -0.05) is 12.8 Å². The molecule has 1 atom stereocenters. The highest BCUT2D eigenvalue weighted by Crippen LogP contribution is 2.29. The van der Waals surface area contributed by atoms with Gasteiger partial charge in [-0.05, 0) is 31.7 Å². The predicted octanol–water partition coefficient (Wildman–Crippen LogP) is 1.97. The van der Waals surface area contributed by atoms with Crippen LogP contribution in [0.2, 0.25) is 0 Å². The number of rotatable bonds is 4. The summed E-state index contributed by atoms with van der Waals surface area (Å²) in [5, 5.41) is 7.94. The zero-order valence-corrected chi connectivity index (χ0v) is 11.3. The molecule has 0 aromatic carbocycles. The van der Waals surface area contributed by atoms with Crippen molar-refractivity contribution in [3.05, 3.63) is 24.2 Å². The highest BCUT2D eigenvalue weighted by atomic mass is 15.2. The Morgan fingerprint density at radius 3 is 3.00 bits per heavy atom. The zero-order valence-electron chi connectivity index (χ0n) is 11.3. The second-order valence-electron chi connectivity index (χ2n) is 5.42. The van der Waals surface area contributed by atoms with Gasteiger partial charge in [0.05, 0.1) is 5.69 Å². The minimum absolute atomic E-state index is 0.316. The highest BCUT2D eigenvalue weighted by molar-refractivity contribution is 5.68. The van der Waals surface area contributed by atoms with Crippen LogP contribution in [-0.2, 0) is 0 Å². The third-order valence-corrected chi connectivity index (χ3v) is 4.06. The highest BCUT2D eigenvalue weighted by Gasteiger charge is 2.24. The molecule has 102 valence electrons. The Hall–Kier alpha value is -1.62. The minimum Gasteiger partial charge on any atom is -0.364 e. The standard InChI is InChI=1S/C14H21N5/c1-10-8-13-14(16-6-7-19(13)18-10)17-12(9-15)11-4-2-3-5-11/h6-8,11-12H,2-5,9,15H2,1H3,(H,16,17). The van der Waals surface area contributed by atoms with Crippen LogP contribution in [0.4, 0.5) is 5.82 Å². The smallest absolute Gasteiger partial charge is 0.152 e. The molecule has 3 rings (SSSR count). The summed E-state index contributed by atoms with van der Waals surface area (Å²) in [5.74, 6) is 1.57. The fraction of sp³-hybridized carbons (Fsp3) is 0.571. The summed E-state index contributed by atoms with van der Waals surface area (Å²) in [6.07, 6.45) is 8.86. The van der Waals surface area contributed by atoms with Gasteiger partial charge in [-0.3, -0.25) is 0 Å². The monoisotopic (exact) mass is 259 g/mol. The minimum atomic E-state index is 0.316. The van der Waals surface area contributed by atoms with Gasteiger partial charge in [-0.25, -0.2) is 9.50 Å². The van der Waals surface area contributed by atoms with Gasteiger partial charge < -0.3 is 11.1 Å². The van der Waals surface area contributed by atoms with E-state index in [1.54, 1.807) is 6.20 Å². The summed E-state index contributed by atoms with van der Waals surface area (Å²) in [6.45, 7) is 2.65. The number of anilines is 1. The molecule has 1 saturated carbocycles. The molecule has 19 heavy (non-hydrogen) atoms. The lowest BCUT2D eigenvalue weighted by Gasteiger charge is -2.23. The number of nitrogens with zero attached hydrogens (tertiary/aromatic N) is 3. The van der Waals surface area contributed by atoms with Crippen molar-refractivity contribution in [2.24, 2.45) is 11.7 Å². The van der Waals surface area contributed by atoms with Gasteiger partial charge in [0.2, 0.25) is 0 Å². The number of hydrogen-bond donors (Lipinski definition) is 2.